The highest BCUT2D eigenvalue weighted by Gasteiger charge is 2.08. The number of nitrogens with one attached hydrogen (secondary N) is 1. The normalized spacial score (nSPS) is 12.1. The molecule has 1 aromatic carbocycles. The van der Waals surface area contributed by atoms with Gasteiger partial charge in [-0.3, -0.25) is 0 Å². The number of benzene rings is 1. The molecular formula is C13H16FN. The number of hydrogen-bond acceptors (Lipinski definition) is 1. The van der Waals surface area contributed by atoms with Crippen molar-refractivity contribution in [1.29, 1.82) is 0 Å². The maximum atomic E-state index is 12.7. The van der Waals surface area contributed by atoms with E-state index in [2.05, 4.69) is 18.2 Å². The highest BCUT2D eigenvalue weighted by atomic mass is 19.1. The molecular weight excluding hydrogens is 189 g/mol. The van der Waals surface area contributed by atoms with Crippen LogP contribution in [0.15, 0.2) is 24.3 Å². The van der Waals surface area contributed by atoms with Crippen LogP contribution in [0, 0.1) is 18.2 Å². The van der Waals surface area contributed by atoms with Crippen molar-refractivity contribution in [3.05, 3.63) is 35.6 Å². The fourth-order valence-corrected chi connectivity index (χ4v) is 1.44. The van der Waals surface area contributed by atoms with Crippen molar-refractivity contribution >= 4 is 0 Å². The first-order chi connectivity index (χ1) is 7.27. The number of hydrogen-bond donors (Lipinski definition) is 1. The second-order valence-corrected chi connectivity index (χ2v) is 3.47. The fraction of sp³-hybridized carbons (Fsp3) is 0.385. The first kappa shape index (κ1) is 11.7. The van der Waals surface area contributed by atoms with Crippen molar-refractivity contribution in [2.24, 2.45) is 0 Å². The molecule has 0 fully saturated rings. The Morgan fingerprint density at radius 2 is 2.07 bits per heavy atom. The zero-order chi connectivity index (χ0) is 11.1. The Kier molecular flexibility index (Phi) is 4.86. The van der Waals surface area contributed by atoms with Crippen molar-refractivity contribution in [3.63, 3.8) is 0 Å². The summed E-state index contributed by atoms with van der Waals surface area (Å²) in [5.41, 5.74) is 1.04. The molecule has 1 atom stereocenters. The van der Waals surface area contributed by atoms with E-state index in [1.807, 2.05) is 0 Å². The molecule has 0 heterocycles. The van der Waals surface area contributed by atoms with E-state index >= 15 is 0 Å². The molecule has 0 bridgehead atoms. The van der Waals surface area contributed by atoms with Crippen molar-refractivity contribution in [2.45, 2.75) is 25.8 Å². The van der Waals surface area contributed by atoms with Gasteiger partial charge in [0.05, 0.1) is 0 Å². The second-order valence-electron chi connectivity index (χ2n) is 3.47. The first-order valence-electron chi connectivity index (χ1n) is 5.20. The zero-order valence-corrected chi connectivity index (χ0v) is 8.96. The summed E-state index contributed by atoms with van der Waals surface area (Å²) in [5.74, 6) is 2.42. The van der Waals surface area contributed by atoms with E-state index in [1.54, 1.807) is 12.1 Å². The quantitative estimate of drug-likeness (QED) is 0.729. The number of halogens is 1. The van der Waals surface area contributed by atoms with Gasteiger partial charge in [-0.25, -0.2) is 4.39 Å². The SMILES string of the molecule is C#CCC(NCCC)c1ccc(F)cc1. The van der Waals surface area contributed by atoms with Gasteiger partial charge in [-0.2, -0.15) is 0 Å². The molecule has 0 aromatic heterocycles. The predicted octanol–water partition coefficient (Wildman–Crippen LogP) is 2.89. The van der Waals surface area contributed by atoms with Crippen LogP contribution in [-0.2, 0) is 0 Å². The highest BCUT2D eigenvalue weighted by Crippen LogP contribution is 2.16. The Labute approximate surface area is 90.7 Å². The van der Waals surface area contributed by atoms with Crippen molar-refractivity contribution in [1.82, 2.24) is 5.32 Å². The molecule has 80 valence electrons. The van der Waals surface area contributed by atoms with Crippen molar-refractivity contribution in [2.75, 3.05) is 6.54 Å². The van der Waals surface area contributed by atoms with Crippen LogP contribution in [-0.4, -0.2) is 6.54 Å². The molecule has 0 saturated heterocycles. The summed E-state index contributed by atoms with van der Waals surface area (Å²) in [6.45, 7) is 3.02. The van der Waals surface area contributed by atoms with E-state index in [4.69, 9.17) is 6.42 Å². The van der Waals surface area contributed by atoms with Gasteiger partial charge >= 0.3 is 0 Å². The Hall–Kier alpha value is -1.33. The molecule has 0 spiro atoms. The summed E-state index contributed by atoms with van der Waals surface area (Å²) in [5, 5.41) is 3.34. The molecule has 15 heavy (non-hydrogen) atoms. The van der Waals surface area contributed by atoms with Gasteiger partial charge in [-0.05, 0) is 30.7 Å². The van der Waals surface area contributed by atoms with Crippen LogP contribution in [0.4, 0.5) is 4.39 Å². The lowest BCUT2D eigenvalue weighted by atomic mass is 10.0. The Balaban J connectivity index is 2.70. The summed E-state index contributed by atoms with van der Waals surface area (Å²) in [6.07, 6.45) is 6.99. The number of terminal acetylenes is 1. The second kappa shape index (κ2) is 6.21. The molecule has 2 heteroatoms. The van der Waals surface area contributed by atoms with Gasteiger partial charge in [0.2, 0.25) is 0 Å². The molecule has 1 N–H and O–H groups in total. The minimum absolute atomic E-state index is 0.135. The highest BCUT2D eigenvalue weighted by molar-refractivity contribution is 5.21. The van der Waals surface area contributed by atoms with E-state index < -0.39 is 0 Å². The largest absolute Gasteiger partial charge is 0.309 e. The molecule has 0 aliphatic rings. The van der Waals surface area contributed by atoms with Crippen LogP contribution in [0.3, 0.4) is 0 Å². The Morgan fingerprint density at radius 1 is 1.40 bits per heavy atom. The monoisotopic (exact) mass is 205 g/mol. The van der Waals surface area contributed by atoms with Crippen LogP contribution in [0.25, 0.3) is 0 Å². The van der Waals surface area contributed by atoms with Crippen molar-refractivity contribution < 1.29 is 4.39 Å². The van der Waals surface area contributed by atoms with Gasteiger partial charge in [-0.1, -0.05) is 19.1 Å². The van der Waals surface area contributed by atoms with Gasteiger partial charge < -0.3 is 5.32 Å². The minimum Gasteiger partial charge on any atom is -0.309 e. The topological polar surface area (TPSA) is 12.0 Å². The van der Waals surface area contributed by atoms with Crippen molar-refractivity contribution in [3.8, 4) is 12.3 Å². The predicted molar refractivity (Wildman–Crippen MR) is 60.9 cm³/mol. The lowest BCUT2D eigenvalue weighted by molar-refractivity contribution is 0.540. The van der Waals surface area contributed by atoms with E-state index in [0.717, 1.165) is 18.5 Å². The van der Waals surface area contributed by atoms with E-state index in [9.17, 15) is 4.39 Å². The lowest BCUT2D eigenvalue weighted by Crippen LogP contribution is -2.21. The lowest BCUT2D eigenvalue weighted by Gasteiger charge is -2.16. The summed E-state index contributed by atoms with van der Waals surface area (Å²) in [6, 6.07) is 6.62. The molecule has 0 aliphatic heterocycles. The van der Waals surface area contributed by atoms with Crippen LogP contribution in [0.5, 0.6) is 0 Å². The molecule has 0 saturated carbocycles. The van der Waals surface area contributed by atoms with Gasteiger partial charge in [0, 0.05) is 12.5 Å². The molecule has 1 unspecified atom stereocenters. The molecule has 0 amide bonds. The summed E-state index contributed by atoms with van der Waals surface area (Å²) in [4.78, 5) is 0. The van der Waals surface area contributed by atoms with E-state index in [0.29, 0.717) is 6.42 Å². The average Bonchev–Trinajstić information content (AvgIpc) is 2.25. The Bertz CT molecular complexity index is 323. The van der Waals surface area contributed by atoms with E-state index in [-0.39, 0.29) is 11.9 Å². The van der Waals surface area contributed by atoms with E-state index in [1.165, 1.54) is 12.1 Å². The summed E-state index contributed by atoms with van der Waals surface area (Å²) < 4.78 is 12.7. The average molecular weight is 205 g/mol. The minimum atomic E-state index is -0.214. The van der Waals surface area contributed by atoms with Crippen LogP contribution < -0.4 is 5.32 Å². The molecule has 1 nitrogen and oxygen atoms in total. The van der Waals surface area contributed by atoms with Crippen LogP contribution >= 0.6 is 0 Å². The maximum absolute atomic E-state index is 12.7. The fourth-order valence-electron chi connectivity index (χ4n) is 1.44. The third-order valence-electron chi connectivity index (χ3n) is 2.24. The third kappa shape index (κ3) is 3.73. The number of rotatable bonds is 5. The Morgan fingerprint density at radius 3 is 2.60 bits per heavy atom. The molecule has 0 radical (unpaired) electrons. The smallest absolute Gasteiger partial charge is 0.123 e. The maximum Gasteiger partial charge on any atom is 0.123 e. The zero-order valence-electron chi connectivity index (χ0n) is 8.96. The summed E-state index contributed by atoms with van der Waals surface area (Å²) >= 11 is 0. The third-order valence-corrected chi connectivity index (χ3v) is 2.24. The van der Waals surface area contributed by atoms with Gasteiger partial charge in [0.25, 0.3) is 0 Å². The molecule has 1 rings (SSSR count). The first-order valence-corrected chi connectivity index (χ1v) is 5.20. The standard InChI is InChI=1S/C13H16FN/c1-3-5-13(15-10-4-2)11-6-8-12(14)9-7-11/h1,6-9,13,15H,4-5,10H2,2H3. The molecule has 0 aliphatic carbocycles. The van der Waals surface area contributed by atoms with Gasteiger partial charge in [0.1, 0.15) is 5.82 Å². The van der Waals surface area contributed by atoms with Gasteiger partial charge in [0.15, 0.2) is 0 Å². The molecule has 1 aromatic rings. The summed E-state index contributed by atoms with van der Waals surface area (Å²) in [7, 11) is 0. The van der Waals surface area contributed by atoms with Crippen LogP contribution in [0.2, 0.25) is 0 Å². The van der Waals surface area contributed by atoms with Gasteiger partial charge in [-0.15, -0.1) is 12.3 Å². The van der Waals surface area contributed by atoms with Crippen LogP contribution in [0.1, 0.15) is 31.4 Å².